The van der Waals surface area contributed by atoms with Crippen molar-refractivity contribution in [2.24, 2.45) is 29.6 Å². The molecule has 1 amide bonds. The Balaban J connectivity index is 1.47. The van der Waals surface area contributed by atoms with Gasteiger partial charge in [0, 0.05) is 18.3 Å². The molecule has 3 nitrogen and oxygen atoms in total. The summed E-state index contributed by atoms with van der Waals surface area (Å²) in [5, 5.41) is 3.06. The lowest BCUT2D eigenvalue weighted by Crippen LogP contribution is -2.51. The minimum atomic E-state index is 0.281. The molecule has 0 aromatic heterocycles. The highest BCUT2D eigenvalue weighted by Crippen LogP contribution is 2.56. The van der Waals surface area contributed by atoms with E-state index >= 15 is 0 Å². The van der Waals surface area contributed by atoms with Crippen molar-refractivity contribution >= 4 is 17.5 Å². The third kappa shape index (κ3) is 2.92. The van der Waals surface area contributed by atoms with E-state index < -0.39 is 0 Å². The van der Waals surface area contributed by atoms with Crippen LogP contribution in [0.4, 0.5) is 0 Å². The first-order valence-electron chi connectivity index (χ1n) is 7.69. The van der Waals surface area contributed by atoms with Crippen molar-refractivity contribution in [2.75, 3.05) is 25.6 Å². The molecule has 4 aliphatic carbocycles. The first kappa shape index (κ1) is 13.7. The maximum atomic E-state index is 12.4. The first-order chi connectivity index (χ1) is 9.28. The zero-order valence-electron chi connectivity index (χ0n) is 11.4. The van der Waals surface area contributed by atoms with Gasteiger partial charge >= 0.3 is 0 Å². The Morgan fingerprint density at radius 3 is 2.26 bits per heavy atom. The fourth-order valence-electron chi connectivity index (χ4n) is 4.87. The van der Waals surface area contributed by atoms with E-state index in [1.165, 1.54) is 32.1 Å². The minimum absolute atomic E-state index is 0.281. The third-order valence-corrected chi connectivity index (χ3v) is 5.45. The minimum Gasteiger partial charge on any atom is -0.378 e. The summed E-state index contributed by atoms with van der Waals surface area (Å²) in [4.78, 5) is 12.4. The summed E-state index contributed by atoms with van der Waals surface area (Å²) in [5.41, 5.74) is 0. The van der Waals surface area contributed by atoms with Gasteiger partial charge < -0.3 is 10.1 Å². The number of alkyl halides is 1. The number of carbonyl (C=O) groups is 1. The predicted molar refractivity (Wildman–Crippen MR) is 75.1 cm³/mol. The van der Waals surface area contributed by atoms with Gasteiger partial charge in [0.2, 0.25) is 5.91 Å². The molecule has 0 saturated heterocycles. The van der Waals surface area contributed by atoms with Gasteiger partial charge in [-0.2, -0.15) is 0 Å². The van der Waals surface area contributed by atoms with Gasteiger partial charge in [-0.1, -0.05) is 0 Å². The van der Waals surface area contributed by atoms with Crippen molar-refractivity contribution in [2.45, 2.75) is 32.1 Å². The number of hydrogen-bond acceptors (Lipinski definition) is 2. The van der Waals surface area contributed by atoms with Gasteiger partial charge in [0.1, 0.15) is 0 Å². The fraction of sp³-hybridized carbons (Fsp3) is 0.933. The molecular weight excluding hydrogens is 262 g/mol. The zero-order valence-corrected chi connectivity index (χ0v) is 12.2. The van der Waals surface area contributed by atoms with Crippen molar-refractivity contribution in [1.29, 1.82) is 0 Å². The van der Waals surface area contributed by atoms with Crippen LogP contribution >= 0.6 is 11.6 Å². The topological polar surface area (TPSA) is 38.3 Å². The number of amides is 1. The lowest BCUT2D eigenvalue weighted by molar-refractivity contribution is -0.138. The molecule has 0 heterocycles. The van der Waals surface area contributed by atoms with E-state index in [1.807, 2.05) is 0 Å². The number of halogens is 1. The van der Waals surface area contributed by atoms with Crippen molar-refractivity contribution in [3.8, 4) is 0 Å². The highest BCUT2D eigenvalue weighted by atomic mass is 35.5. The van der Waals surface area contributed by atoms with Crippen molar-refractivity contribution in [3.05, 3.63) is 0 Å². The first-order valence-corrected chi connectivity index (χ1v) is 8.22. The summed E-state index contributed by atoms with van der Waals surface area (Å²) in [6.07, 6.45) is 6.64. The molecule has 4 rings (SSSR count). The number of ether oxygens (including phenoxy) is 1. The smallest absolute Gasteiger partial charge is 0.223 e. The van der Waals surface area contributed by atoms with Crippen LogP contribution in [0.2, 0.25) is 0 Å². The van der Waals surface area contributed by atoms with Crippen LogP contribution in [-0.4, -0.2) is 31.5 Å². The van der Waals surface area contributed by atoms with E-state index in [1.54, 1.807) is 0 Å². The zero-order chi connectivity index (χ0) is 13.2. The van der Waals surface area contributed by atoms with Gasteiger partial charge in [-0.15, -0.1) is 11.6 Å². The SMILES string of the molecule is O=C(NCCOCCCl)C1C2CC3CC(C2)CC1C3. The molecule has 4 bridgehead atoms. The summed E-state index contributed by atoms with van der Waals surface area (Å²) in [6.45, 7) is 1.76. The quantitative estimate of drug-likeness (QED) is 0.601. The average Bonchev–Trinajstić information content (AvgIpc) is 2.37. The van der Waals surface area contributed by atoms with Crippen LogP contribution in [0.25, 0.3) is 0 Å². The summed E-state index contributed by atoms with van der Waals surface area (Å²) < 4.78 is 5.29. The van der Waals surface area contributed by atoms with Crippen LogP contribution < -0.4 is 5.32 Å². The molecule has 4 aliphatic rings. The second-order valence-electron chi connectivity index (χ2n) is 6.55. The van der Waals surface area contributed by atoms with E-state index in [0.717, 1.165) is 11.8 Å². The predicted octanol–water partition coefficient (Wildman–Crippen LogP) is 2.43. The molecule has 19 heavy (non-hydrogen) atoms. The number of nitrogens with one attached hydrogen (secondary N) is 1. The summed E-state index contributed by atoms with van der Waals surface area (Å²) in [5.74, 6) is 4.28. The maximum absolute atomic E-state index is 12.4. The van der Waals surface area contributed by atoms with Crippen molar-refractivity contribution < 1.29 is 9.53 Å². The molecule has 4 heteroatoms. The molecule has 0 atom stereocenters. The lowest BCUT2D eigenvalue weighted by atomic mass is 9.51. The van der Waals surface area contributed by atoms with Crippen LogP contribution in [-0.2, 0) is 9.53 Å². The Kier molecular flexibility index (Phi) is 4.33. The molecule has 4 saturated carbocycles. The normalized spacial score (nSPS) is 39.5. The molecule has 4 fully saturated rings. The van der Waals surface area contributed by atoms with E-state index in [0.29, 0.717) is 43.4 Å². The van der Waals surface area contributed by atoms with Crippen molar-refractivity contribution in [3.63, 3.8) is 0 Å². The van der Waals surface area contributed by atoms with Crippen LogP contribution in [0.15, 0.2) is 0 Å². The Hall–Kier alpha value is -0.280. The van der Waals surface area contributed by atoms with E-state index in [4.69, 9.17) is 16.3 Å². The van der Waals surface area contributed by atoms with Gasteiger partial charge in [-0.25, -0.2) is 0 Å². The van der Waals surface area contributed by atoms with Crippen LogP contribution in [0.5, 0.6) is 0 Å². The Labute approximate surface area is 120 Å². The fourth-order valence-corrected chi connectivity index (χ4v) is 4.98. The van der Waals surface area contributed by atoms with Gasteiger partial charge in [0.05, 0.1) is 13.2 Å². The van der Waals surface area contributed by atoms with Gasteiger partial charge in [0.15, 0.2) is 0 Å². The second kappa shape index (κ2) is 6.01. The van der Waals surface area contributed by atoms with Crippen LogP contribution in [0.1, 0.15) is 32.1 Å². The van der Waals surface area contributed by atoms with Gasteiger partial charge in [-0.05, 0) is 55.8 Å². The molecule has 0 radical (unpaired) electrons. The Bertz CT molecular complexity index is 306. The Morgan fingerprint density at radius 2 is 1.68 bits per heavy atom. The molecular formula is C15H24ClNO2. The van der Waals surface area contributed by atoms with E-state index in [-0.39, 0.29) is 5.91 Å². The molecule has 0 aromatic rings. The highest BCUT2D eigenvalue weighted by Gasteiger charge is 2.50. The van der Waals surface area contributed by atoms with E-state index in [9.17, 15) is 4.79 Å². The highest BCUT2D eigenvalue weighted by molar-refractivity contribution is 6.17. The standard InChI is InChI=1S/C15H24ClNO2/c16-1-3-19-4-2-17-15(18)14-12-6-10-5-11(8-12)9-13(14)7-10/h10-14H,1-9H2,(H,17,18). The molecule has 1 N–H and O–H groups in total. The van der Waals surface area contributed by atoms with Gasteiger partial charge in [-0.3, -0.25) is 4.79 Å². The van der Waals surface area contributed by atoms with Crippen LogP contribution in [0.3, 0.4) is 0 Å². The average molecular weight is 286 g/mol. The number of rotatable bonds is 6. The Morgan fingerprint density at radius 1 is 1.05 bits per heavy atom. The van der Waals surface area contributed by atoms with Crippen LogP contribution in [0, 0.1) is 29.6 Å². The second-order valence-corrected chi connectivity index (χ2v) is 6.93. The molecule has 0 unspecified atom stereocenters. The maximum Gasteiger partial charge on any atom is 0.223 e. The largest absolute Gasteiger partial charge is 0.378 e. The molecule has 0 spiro atoms. The third-order valence-electron chi connectivity index (χ3n) is 5.30. The summed E-state index contributed by atoms with van der Waals surface area (Å²) in [6, 6.07) is 0. The molecule has 0 aliphatic heterocycles. The van der Waals surface area contributed by atoms with E-state index in [2.05, 4.69) is 5.32 Å². The number of hydrogen-bond donors (Lipinski definition) is 1. The lowest BCUT2D eigenvalue weighted by Gasteiger charge is -2.53. The van der Waals surface area contributed by atoms with Gasteiger partial charge in [0.25, 0.3) is 0 Å². The summed E-state index contributed by atoms with van der Waals surface area (Å²) >= 11 is 5.53. The molecule has 108 valence electrons. The summed E-state index contributed by atoms with van der Waals surface area (Å²) in [7, 11) is 0. The monoisotopic (exact) mass is 285 g/mol. The number of carbonyl (C=O) groups excluding carboxylic acids is 1. The van der Waals surface area contributed by atoms with Crippen molar-refractivity contribution in [1.82, 2.24) is 5.32 Å². The molecule has 0 aromatic carbocycles.